The fourth-order valence-electron chi connectivity index (χ4n) is 4.80. The Balaban J connectivity index is 1.75. The van der Waals surface area contributed by atoms with Gasteiger partial charge in [0.1, 0.15) is 0 Å². The number of nitrogen functional groups attached to an aromatic ring is 1. The second-order valence-corrected chi connectivity index (χ2v) is 8.60. The highest BCUT2D eigenvalue weighted by Crippen LogP contribution is 2.42. The number of carbonyl (C=O) groups excluding carboxylic acids is 2. The molecule has 1 aliphatic heterocycles. The third-order valence-electron chi connectivity index (χ3n) is 6.14. The number of nitrogens with two attached hydrogens (primary N) is 2. The first-order valence-electron chi connectivity index (χ1n) is 10.3. The van der Waals surface area contributed by atoms with Crippen LogP contribution in [0.5, 0.6) is 0 Å². The van der Waals surface area contributed by atoms with E-state index in [0.717, 1.165) is 54.9 Å². The Morgan fingerprint density at radius 3 is 2.79 bits per heavy atom. The summed E-state index contributed by atoms with van der Waals surface area (Å²) in [7, 11) is 0. The van der Waals surface area contributed by atoms with E-state index in [1.807, 2.05) is 11.6 Å². The van der Waals surface area contributed by atoms with Gasteiger partial charge < -0.3 is 16.2 Å². The van der Waals surface area contributed by atoms with Gasteiger partial charge in [0.25, 0.3) is 5.91 Å². The standard InChI is InChI=1S/C22H28N4O3/c1-3-17-20-18(11-22(2,12-19(20)27)10-14-5-4-8-29-14)26(25-17)13-6-7-15(21(24)28)16(23)9-13/h6-7,9,14H,3-5,8,10-12,23H2,1-2H3,(H2,24,28). The molecule has 1 saturated heterocycles. The molecule has 2 atom stereocenters. The number of rotatable bonds is 5. The molecule has 1 aromatic carbocycles. The quantitative estimate of drug-likeness (QED) is 0.755. The lowest BCUT2D eigenvalue weighted by atomic mass is 9.70. The van der Waals surface area contributed by atoms with Crippen molar-refractivity contribution in [3.8, 4) is 5.69 Å². The molecule has 2 heterocycles. The van der Waals surface area contributed by atoms with Crippen LogP contribution >= 0.6 is 0 Å². The number of ether oxygens (including phenoxy) is 1. The van der Waals surface area contributed by atoms with Gasteiger partial charge in [-0.15, -0.1) is 0 Å². The number of aromatic nitrogens is 2. The van der Waals surface area contributed by atoms with Gasteiger partial charge in [-0.1, -0.05) is 13.8 Å². The van der Waals surface area contributed by atoms with Crippen molar-refractivity contribution in [2.45, 2.75) is 58.5 Å². The Labute approximate surface area is 170 Å². The van der Waals surface area contributed by atoms with Gasteiger partial charge in [0.2, 0.25) is 0 Å². The third kappa shape index (κ3) is 3.55. The van der Waals surface area contributed by atoms with Crippen LogP contribution in [-0.2, 0) is 17.6 Å². The Hall–Kier alpha value is -2.67. The summed E-state index contributed by atoms with van der Waals surface area (Å²) in [5.74, 6) is -0.415. The summed E-state index contributed by atoms with van der Waals surface area (Å²) in [5.41, 5.74) is 15.0. The molecular formula is C22H28N4O3. The number of carbonyl (C=O) groups is 2. The lowest BCUT2D eigenvalue weighted by molar-refractivity contribution is 0.0558. The van der Waals surface area contributed by atoms with Crippen molar-refractivity contribution < 1.29 is 14.3 Å². The van der Waals surface area contributed by atoms with Gasteiger partial charge in [-0.25, -0.2) is 4.68 Å². The molecule has 7 nitrogen and oxygen atoms in total. The predicted octanol–water partition coefficient (Wildman–Crippen LogP) is 2.82. The molecule has 7 heteroatoms. The first-order valence-corrected chi connectivity index (χ1v) is 10.3. The average molecular weight is 396 g/mol. The van der Waals surface area contributed by atoms with Crippen molar-refractivity contribution in [3.63, 3.8) is 0 Å². The molecule has 0 saturated carbocycles. The van der Waals surface area contributed by atoms with Gasteiger partial charge in [-0.2, -0.15) is 5.10 Å². The highest BCUT2D eigenvalue weighted by atomic mass is 16.5. The highest BCUT2D eigenvalue weighted by Gasteiger charge is 2.41. The fourth-order valence-corrected chi connectivity index (χ4v) is 4.80. The van der Waals surface area contributed by atoms with Gasteiger partial charge >= 0.3 is 0 Å². The van der Waals surface area contributed by atoms with Crippen molar-refractivity contribution >= 4 is 17.4 Å². The van der Waals surface area contributed by atoms with Crippen molar-refractivity contribution in [1.29, 1.82) is 0 Å². The molecule has 1 aliphatic carbocycles. The van der Waals surface area contributed by atoms with Crippen molar-refractivity contribution in [2.24, 2.45) is 11.1 Å². The van der Waals surface area contributed by atoms with E-state index < -0.39 is 5.91 Å². The van der Waals surface area contributed by atoms with E-state index in [4.69, 9.17) is 21.3 Å². The molecule has 0 radical (unpaired) electrons. The Kier molecular flexibility index (Phi) is 4.94. The fraction of sp³-hybridized carbons (Fsp3) is 0.500. The number of hydrogen-bond acceptors (Lipinski definition) is 5. The number of benzene rings is 1. The summed E-state index contributed by atoms with van der Waals surface area (Å²) < 4.78 is 7.66. The summed E-state index contributed by atoms with van der Waals surface area (Å²) in [6.07, 6.45) is 5.18. The largest absolute Gasteiger partial charge is 0.398 e. The topological polar surface area (TPSA) is 113 Å². The number of fused-ring (bicyclic) bond motifs is 1. The summed E-state index contributed by atoms with van der Waals surface area (Å²) in [4.78, 5) is 24.6. The van der Waals surface area contributed by atoms with Crippen LogP contribution in [0.15, 0.2) is 18.2 Å². The molecule has 2 aromatic rings. The van der Waals surface area contributed by atoms with E-state index in [9.17, 15) is 9.59 Å². The van der Waals surface area contributed by atoms with Gasteiger partial charge in [-0.05, 0) is 55.7 Å². The van der Waals surface area contributed by atoms with Crippen molar-refractivity contribution in [2.75, 3.05) is 12.3 Å². The first-order chi connectivity index (χ1) is 13.8. The van der Waals surface area contributed by atoms with Crippen LogP contribution in [0, 0.1) is 5.41 Å². The minimum atomic E-state index is -0.565. The van der Waals surface area contributed by atoms with Crippen LogP contribution in [0.1, 0.15) is 71.6 Å². The molecule has 4 N–H and O–H groups in total. The van der Waals surface area contributed by atoms with Crippen LogP contribution in [0.2, 0.25) is 0 Å². The van der Waals surface area contributed by atoms with Gasteiger partial charge in [0.15, 0.2) is 5.78 Å². The van der Waals surface area contributed by atoms with Gasteiger partial charge in [-0.3, -0.25) is 9.59 Å². The van der Waals surface area contributed by atoms with E-state index in [2.05, 4.69) is 6.92 Å². The monoisotopic (exact) mass is 396 g/mol. The number of amides is 1. The van der Waals surface area contributed by atoms with Gasteiger partial charge in [0.05, 0.1) is 34.3 Å². The number of anilines is 1. The zero-order chi connectivity index (χ0) is 20.8. The van der Waals surface area contributed by atoms with E-state index in [0.29, 0.717) is 18.5 Å². The average Bonchev–Trinajstić information content (AvgIpc) is 3.28. The number of Topliss-reactive ketones (excluding diaryl/α,β-unsaturated/α-hetero) is 1. The molecule has 1 aromatic heterocycles. The number of hydrogen-bond donors (Lipinski definition) is 2. The summed E-state index contributed by atoms with van der Waals surface area (Å²) in [5, 5.41) is 4.74. The predicted molar refractivity (Wildman–Crippen MR) is 110 cm³/mol. The maximum atomic E-state index is 13.1. The van der Waals surface area contributed by atoms with Crippen molar-refractivity contribution in [1.82, 2.24) is 9.78 Å². The first kappa shape index (κ1) is 19.6. The van der Waals surface area contributed by atoms with E-state index >= 15 is 0 Å². The molecule has 29 heavy (non-hydrogen) atoms. The Morgan fingerprint density at radius 1 is 1.38 bits per heavy atom. The SMILES string of the molecule is CCc1nn(-c2ccc(C(N)=O)c(N)c2)c2c1C(=O)CC(C)(CC1CCCO1)C2. The lowest BCUT2D eigenvalue weighted by Gasteiger charge is -2.35. The number of ketones is 1. The smallest absolute Gasteiger partial charge is 0.250 e. The maximum absolute atomic E-state index is 13.1. The van der Waals surface area contributed by atoms with E-state index in [1.54, 1.807) is 18.2 Å². The van der Waals surface area contributed by atoms with Crippen molar-refractivity contribution in [3.05, 3.63) is 40.7 Å². The minimum absolute atomic E-state index is 0.150. The molecule has 4 rings (SSSR count). The molecule has 1 amide bonds. The molecule has 0 bridgehead atoms. The maximum Gasteiger partial charge on any atom is 0.250 e. The summed E-state index contributed by atoms with van der Waals surface area (Å²) in [6.45, 7) is 4.98. The highest BCUT2D eigenvalue weighted by molar-refractivity contribution is 6.00. The molecule has 2 unspecified atom stereocenters. The molecular weight excluding hydrogens is 368 g/mol. The minimum Gasteiger partial charge on any atom is -0.398 e. The second kappa shape index (κ2) is 7.30. The molecule has 2 aliphatic rings. The zero-order valence-electron chi connectivity index (χ0n) is 17.0. The summed E-state index contributed by atoms with van der Waals surface area (Å²) in [6, 6.07) is 5.09. The Morgan fingerprint density at radius 2 is 2.17 bits per heavy atom. The Bertz CT molecular complexity index is 975. The summed E-state index contributed by atoms with van der Waals surface area (Å²) >= 11 is 0. The third-order valence-corrected chi connectivity index (χ3v) is 6.14. The van der Waals surface area contributed by atoms with Crippen LogP contribution in [-0.4, -0.2) is 34.2 Å². The number of aryl methyl sites for hydroxylation is 1. The van der Waals surface area contributed by atoms with Gasteiger partial charge in [0, 0.05) is 18.7 Å². The number of primary amides is 1. The normalized spacial score (nSPS) is 23.9. The lowest BCUT2D eigenvalue weighted by Crippen LogP contribution is -2.34. The zero-order valence-corrected chi connectivity index (χ0v) is 17.0. The van der Waals surface area contributed by atoms with Crippen LogP contribution in [0.4, 0.5) is 5.69 Å². The molecule has 1 fully saturated rings. The molecule has 0 spiro atoms. The number of nitrogens with zero attached hydrogens (tertiary/aromatic N) is 2. The van der Waals surface area contributed by atoms with Crippen LogP contribution in [0.3, 0.4) is 0 Å². The van der Waals surface area contributed by atoms with Crippen LogP contribution in [0.25, 0.3) is 5.69 Å². The van der Waals surface area contributed by atoms with E-state index in [1.165, 1.54) is 0 Å². The second-order valence-electron chi connectivity index (χ2n) is 8.60. The van der Waals surface area contributed by atoms with E-state index in [-0.39, 0.29) is 22.9 Å². The van der Waals surface area contributed by atoms with Crippen LogP contribution < -0.4 is 11.5 Å². The molecule has 154 valence electrons.